The molecule has 12 atom stereocenters. The maximum atomic E-state index is 13.2. The average Bonchev–Trinajstić information content (AvgIpc) is 3.42. The summed E-state index contributed by atoms with van der Waals surface area (Å²) >= 11 is 0. The molecule has 0 spiro atoms. The van der Waals surface area contributed by atoms with Gasteiger partial charge in [0.1, 0.15) is 48.8 Å². The molecule has 14 nitrogen and oxygen atoms in total. The number of nitrogens with one attached hydrogen (secondary N) is 1. The van der Waals surface area contributed by atoms with Crippen molar-refractivity contribution in [1.29, 1.82) is 0 Å². The number of unbranched alkanes of at least 4 members (excludes halogenated alkanes) is 30. The van der Waals surface area contributed by atoms with Crippen LogP contribution in [0.4, 0.5) is 0 Å². The summed E-state index contributed by atoms with van der Waals surface area (Å²) in [6, 6.07) is -0.930. The lowest BCUT2D eigenvalue weighted by Gasteiger charge is -2.46. The second-order valence-electron chi connectivity index (χ2n) is 21.8. The van der Waals surface area contributed by atoms with Crippen molar-refractivity contribution in [2.24, 2.45) is 0 Å². The quantitative estimate of drug-likeness (QED) is 0.0204. The molecule has 0 aliphatic carbocycles. The highest BCUT2D eigenvalue weighted by molar-refractivity contribution is 5.76. The molecule has 12 unspecified atom stereocenters. The van der Waals surface area contributed by atoms with Crippen LogP contribution in [0.25, 0.3) is 0 Å². The van der Waals surface area contributed by atoms with Gasteiger partial charge in [0.25, 0.3) is 0 Å². The topological polar surface area (TPSA) is 228 Å². The Morgan fingerprint density at radius 1 is 0.474 bits per heavy atom. The Bertz CT molecular complexity index is 1460. The molecule has 2 aliphatic rings. The summed E-state index contributed by atoms with van der Waals surface area (Å²) in [5.74, 6) is -0.249. The van der Waals surface area contributed by atoms with Crippen LogP contribution in [0.2, 0.25) is 0 Å². The van der Waals surface area contributed by atoms with Crippen LogP contribution in [0.3, 0.4) is 0 Å². The molecule has 0 aromatic carbocycles. The summed E-state index contributed by atoms with van der Waals surface area (Å²) in [7, 11) is 0. The van der Waals surface area contributed by atoms with Gasteiger partial charge in [-0.1, -0.05) is 223 Å². The Kier molecular flexibility index (Phi) is 44.0. The number of hydrogen-bond acceptors (Lipinski definition) is 13. The molecule has 2 rings (SSSR count). The number of aliphatic hydroxyl groups is 8. The van der Waals surface area contributed by atoms with Crippen molar-refractivity contribution in [1.82, 2.24) is 5.32 Å². The number of carbonyl (C=O) groups is 1. The van der Waals surface area contributed by atoms with Crippen molar-refractivity contribution in [2.75, 3.05) is 19.8 Å². The van der Waals surface area contributed by atoms with Crippen LogP contribution < -0.4 is 5.32 Å². The minimum Gasteiger partial charge on any atom is -0.394 e. The van der Waals surface area contributed by atoms with Crippen molar-refractivity contribution < 1.29 is 64.6 Å². The molecule has 2 fully saturated rings. The molecule has 0 aromatic heterocycles. The molecule has 14 heteroatoms. The van der Waals surface area contributed by atoms with Crippen molar-refractivity contribution in [3.05, 3.63) is 48.6 Å². The molecule has 0 saturated carbocycles. The van der Waals surface area contributed by atoms with Crippen LogP contribution in [-0.4, -0.2) is 140 Å². The maximum Gasteiger partial charge on any atom is 0.220 e. The Morgan fingerprint density at radius 3 is 1.37 bits per heavy atom. The van der Waals surface area contributed by atoms with Crippen molar-refractivity contribution >= 4 is 5.91 Å². The van der Waals surface area contributed by atoms with E-state index < -0.39 is 86.8 Å². The number of allylic oxidation sites excluding steroid dienone is 7. The molecular weight excluding hydrogens is 967 g/mol. The van der Waals surface area contributed by atoms with Crippen molar-refractivity contribution in [3.8, 4) is 0 Å². The van der Waals surface area contributed by atoms with E-state index in [1.54, 1.807) is 6.08 Å². The SMILES string of the molecule is CCCCCCC/C=C\C/C=C\CCCCCCCCCCCCCCCCCCCC(=O)NC(COC1OC(CO)C(OC2OC(CO)C(O)C(O)C2O)C(O)C1O)C(O)/C=C/CC/C=C/CCCCCCCCC. The van der Waals surface area contributed by atoms with Crippen LogP contribution in [-0.2, 0) is 23.7 Å². The summed E-state index contributed by atoms with van der Waals surface area (Å²) in [6.07, 6.45) is 43.1. The Morgan fingerprint density at radius 2 is 0.882 bits per heavy atom. The molecule has 9 N–H and O–H groups in total. The van der Waals surface area contributed by atoms with Gasteiger partial charge in [0, 0.05) is 6.42 Å². The highest BCUT2D eigenvalue weighted by atomic mass is 16.7. The van der Waals surface area contributed by atoms with Gasteiger partial charge in [0.15, 0.2) is 12.6 Å². The van der Waals surface area contributed by atoms with E-state index in [9.17, 15) is 45.6 Å². The van der Waals surface area contributed by atoms with E-state index in [1.807, 2.05) is 6.08 Å². The standard InChI is InChI=1S/C62H113NO13/c1-3-5-7-9-11-13-15-17-18-19-20-21-22-23-24-25-26-27-28-29-30-31-32-34-36-38-40-42-44-46-54(67)63-50(51(66)45-43-41-39-37-35-33-16-14-12-10-8-6-4-2)49-73-61-59(72)57(70)60(53(48-65)75-61)76-62-58(71)56(69)55(68)52(47-64)74-62/h15,17,19-20,35,37,43,45,50-53,55-62,64-66,68-72H,3-14,16,18,21-34,36,38-42,44,46-49H2,1-2H3,(H,63,67)/b17-15-,20-19-,37-35+,45-43+. The molecular formula is C62H113NO13. The smallest absolute Gasteiger partial charge is 0.220 e. The van der Waals surface area contributed by atoms with Crippen LogP contribution in [0, 0.1) is 0 Å². The Labute approximate surface area is 461 Å². The molecule has 444 valence electrons. The number of carbonyl (C=O) groups excluding carboxylic acids is 1. The lowest BCUT2D eigenvalue weighted by molar-refractivity contribution is -0.359. The largest absolute Gasteiger partial charge is 0.394 e. The molecule has 76 heavy (non-hydrogen) atoms. The zero-order valence-corrected chi connectivity index (χ0v) is 47.7. The van der Waals surface area contributed by atoms with Crippen molar-refractivity contribution in [2.45, 2.75) is 319 Å². The minimum absolute atomic E-state index is 0.249. The molecule has 2 heterocycles. The molecule has 2 saturated heterocycles. The number of rotatable bonds is 49. The van der Waals surface area contributed by atoms with Gasteiger partial charge < -0.3 is 65.1 Å². The fourth-order valence-corrected chi connectivity index (χ4v) is 9.99. The van der Waals surface area contributed by atoms with E-state index in [0.717, 1.165) is 38.5 Å². The van der Waals surface area contributed by atoms with Crippen LogP contribution in [0.5, 0.6) is 0 Å². The highest BCUT2D eigenvalue weighted by Crippen LogP contribution is 2.30. The number of aliphatic hydroxyl groups excluding tert-OH is 8. The van der Waals surface area contributed by atoms with E-state index in [4.69, 9.17) is 18.9 Å². The van der Waals surface area contributed by atoms with E-state index in [1.165, 1.54) is 173 Å². The van der Waals surface area contributed by atoms with Gasteiger partial charge >= 0.3 is 0 Å². The third kappa shape index (κ3) is 32.9. The summed E-state index contributed by atoms with van der Waals surface area (Å²) in [6.45, 7) is 2.76. The third-order valence-corrected chi connectivity index (χ3v) is 15.0. The van der Waals surface area contributed by atoms with E-state index in [-0.39, 0.29) is 18.9 Å². The van der Waals surface area contributed by atoms with Gasteiger partial charge in [-0.2, -0.15) is 0 Å². The van der Waals surface area contributed by atoms with E-state index in [0.29, 0.717) is 12.8 Å². The third-order valence-electron chi connectivity index (χ3n) is 15.0. The first-order valence-corrected chi connectivity index (χ1v) is 30.9. The van der Waals surface area contributed by atoms with Gasteiger partial charge in [-0.25, -0.2) is 0 Å². The van der Waals surface area contributed by atoms with Crippen LogP contribution >= 0.6 is 0 Å². The lowest BCUT2D eigenvalue weighted by Crippen LogP contribution is -2.65. The predicted molar refractivity (Wildman–Crippen MR) is 304 cm³/mol. The zero-order chi connectivity index (χ0) is 55.3. The van der Waals surface area contributed by atoms with Gasteiger partial charge in [-0.15, -0.1) is 0 Å². The predicted octanol–water partition coefficient (Wildman–Crippen LogP) is 10.8. The second-order valence-corrected chi connectivity index (χ2v) is 21.8. The number of amides is 1. The van der Waals surface area contributed by atoms with Gasteiger partial charge in [0.2, 0.25) is 5.91 Å². The molecule has 0 bridgehead atoms. The highest BCUT2D eigenvalue weighted by Gasteiger charge is 2.51. The minimum atomic E-state index is -1.79. The van der Waals surface area contributed by atoms with Crippen LogP contribution in [0.1, 0.15) is 245 Å². The number of hydrogen-bond donors (Lipinski definition) is 9. The summed E-state index contributed by atoms with van der Waals surface area (Å²) in [4.78, 5) is 13.2. The molecule has 1 amide bonds. The van der Waals surface area contributed by atoms with Crippen molar-refractivity contribution in [3.63, 3.8) is 0 Å². The van der Waals surface area contributed by atoms with Gasteiger partial charge in [0.05, 0.1) is 32.0 Å². The second kappa shape index (κ2) is 47.7. The first-order valence-electron chi connectivity index (χ1n) is 30.9. The Hall–Kier alpha value is -2.05. The summed E-state index contributed by atoms with van der Waals surface area (Å²) in [5.41, 5.74) is 0. The maximum absolute atomic E-state index is 13.2. The molecule has 0 radical (unpaired) electrons. The summed E-state index contributed by atoms with van der Waals surface area (Å²) in [5, 5.41) is 87.0. The van der Waals surface area contributed by atoms with E-state index >= 15 is 0 Å². The molecule has 2 aliphatic heterocycles. The lowest BCUT2D eigenvalue weighted by atomic mass is 9.97. The normalized spacial score (nSPS) is 25.2. The monoisotopic (exact) mass is 1080 g/mol. The first-order chi connectivity index (χ1) is 37.1. The Balaban J connectivity index is 1.68. The zero-order valence-electron chi connectivity index (χ0n) is 47.7. The average molecular weight is 1080 g/mol. The number of ether oxygens (including phenoxy) is 4. The fraction of sp³-hybridized carbons (Fsp3) is 0.855. The van der Waals surface area contributed by atoms with Gasteiger partial charge in [-0.3, -0.25) is 4.79 Å². The summed E-state index contributed by atoms with van der Waals surface area (Å²) < 4.78 is 22.7. The van der Waals surface area contributed by atoms with Gasteiger partial charge in [-0.05, 0) is 64.2 Å². The van der Waals surface area contributed by atoms with E-state index in [2.05, 4.69) is 55.6 Å². The first kappa shape index (κ1) is 70.1. The fourth-order valence-electron chi connectivity index (χ4n) is 9.99. The molecule has 0 aromatic rings. The van der Waals surface area contributed by atoms with Crippen LogP contribution in [0.15, 0.2) is 48.6 Å².